The molecule has 0 amide bonds. The minimum atomic E-state index is -0.907. The van der Waals surface area contributed by atoms with Crippen LogP contribution in [0.15, 0.2) is 59.2 Å². The number of benzene rings is 1. The smallest absolute Gasteiger partial charge is 0.156 e. The molecule has 1 N–H and O–H groups in total. The maximum absolute atomic E-state index is 12.2. The summed E-state index contributed by atoms with van der Waals surface area (Å²) < 4.78 is 6.81. The number of hydrogen-bond donors (Lipinski definition) is 1. The Morgan fingerprint density at radius 2 is 1.88 bits per heavy atom. The summed E-state index contributed by atoms with van der Waals surface area (Å²) in [5.74, 6) is 0.938. The molecule has 33 heavy (non-hydrogen) atoms. The highest BCUT2D eigenvalue weighted by molar-refractivity contribution is 5.93. The molecule has 0 radical (unpaired) electrons. The molecule has 5 atom stereocenters. The second kappa shape index (κ2) is 7.95. The fourth-order valence-electron chi connectivity index (χ4n) is 7.19. The molecule has 4 unspecified atom stereocenters. The molecule has 3 aliphatic carbocycles. The molecule has 0 aromatic heterocycles. The molecule has 2 fully saturated rings. The van der Waals surface area contributed by atoms with Crippen molar-refractivity contribution in [1.29, 1.82) is 0 Å². The number of ketones is 1. The number of hydrogen-bond acceptors (Lipinski definition) is 4. The molecular formula is C29H37NO3. The molecule has 4 aliphatic rings. The van der Waals surface area contributed by atoms with Gasteiger partial charge in [0.1, 0.15) is 6.10 Å². The van der Waals surface area contributed by atoms with Gasteiger partial charge in [0, 0.05) is 31.6 Å². The van der Waals surface area contributed by atoms with Gasteiger partial charge in [0.25, 0.3) is 0 Å². The van der Waals surface area contributed by atoms with Crippen LogP contribution in [0.25, 0.3) is 0 Å². The SMILES string of the molecule is C=C(C)[C@]1(O)CCC2C3CCC4=CC(=O)CCC4=C3C(c3ccc(N(C)C)cc3)OCC21C. The van der Waals surface area contributed by atoms with Crippen LogP contribution < -0.4 is 4.90 Å². The number of nitrogens with zero attached hydrogens (tertiary/aromatic N) is 1. The minimum absolute atomic E-state index is 0.144. The highest BCUT2D eigenvalue weighted by Gasteiger charge is 2.61. The largest absolute Gasteiger partial charge is 0.385 e. The van der Waals surface area contributed by atoms with E-state index in [0.29, 0.717) is 24.9 Å². The second-order valence-corrected chi connectivity index (χ2v) is 11.1. The van der Waals surface area contributed by atoms with Crippen LogP contribution >= 0.6 is 0 Å². The van der Waals surface area contributed by atoms with E-state index in [0.717, 1.165) is 48.9 Å². The van der Waals surface area contributed by atoms with E-state index in [4.69, 9.17) is 4.74 Å². The number of carbonyl (C=O) groups is 1. The molecule has 1 saturated heterocycles. The molecule has 176 valence electrons. The van der Waals surface area contributed by atoms with Gasteiger partial charge in [-0.1, -0.05) is 25.6 Å². The van der Waals surface area contributed by atoms with Crippen LogP contribution in [0.2, 0.25) is 0 Å². The number of carbonyl (C=O) groups excluding carboxylic acids is 1. The van der Waals surface area contributed by atoms with Crippen LogP contribution in [-0.2, 0) is 9.53 Å². The lowest BCUT2D eigenvalue weighted by Crippen LogP contribution is -2.49. The van der Waals surface area contributed by atoms with Crippen molar-refractivity contribution in [1.82, 2.24) is 0 Å². The molecule has 0 spiro atoms. The average Bonchev–Trinajstić information content (AvgIpc) is 2.97. The van der Waals surface area contributed by atoms with Crippen molar-refractivity contribution in [2.45, 2.75) is 64.1 Å². The number of fused-ring (bicyclic) bond motifs is 4. The monoisotopic (exact) mass is 447 g/mol. The Labute approximate surface area is 198 Å². The van der Waals surface area contributed by atoms with E-state index < -0.39 is 5.60 Å². The standard InChI is InChI=1S/C29H37NO3/c1-18(2)29(32)15-14-25-24-12-8-20-16-22(31)11-13-23(20)26(24)27(33-17-28(25,29)3)19-6-9-21(10-7-19)30(4)5/h6-7,9-10,16,24-25,27,32H,1,8,11-15,17H2,2-5H3/t24?,25?,27?,28?,29-/m1/s1. The van der Waals surface area contributed by atoms with E-state index >= 15 is 0 Å². The summed E-state index contributed by atoms with van der Waals surface area (Å²) in [6.07, 6.45) is 6.82. The van der Waals surface area contributed by atoms with Gasteiger partial charge >= 0.3 is 0 Å². The molecule has 1 heterocycles. The molecule has 1 aromatic carbocycles. The molecule has 5 rings (SSSR count). The van der Waals surface area contributed by atoms with Crippen LogP contribution in [0, 0.1) is 17.3 Å². The predicted molar refractivity (Wildman–Crippen MR) is 132 cm³/mol. The summed E-state index contributed by atoms with van der Waals surface area (Å²) in [5.41, 5.74) is 5.82. The summed E-state index contributed by atoms with van der Waals surface area (Å²) in [6, 6.07) is 8.68. The second-order valence-electron chi connectivity index (χ2n) is 11.1. The van der Waals surface area contributed by atoms with Crippen LogP contribution in [-0.4, -0.2) is 37.2 Å². The predicted octanol–water partition coefficient (Wildman–Crippen LogP) is 5.54. The van der Waals surface area contributed by atoms with Gasteiger partial charge in [-0.05, 0) is 96.9 Å². The third-order valence-corrected chi connectivity index (χ3v) is 9.13. The zero-order valence-corrected chi connectivity index (χ0v) is 20.5. The van der Waals surface area contributed by atoms with Gasteiger partial charge in [-0.15, -0.1) is 0 Å². The van der Waals surface area contributed by atoms with Gasteiger partial charge in [0.05, 0.1) is 12.2 Å². The van der Waals surface area contributed by atoms with Crippen molar-refractivity contribution >= 4 is 11.5 Å². The van der Waals surface area contributed by atoms with E-state index in [1.807, 2.05) is 13.0 Å². The van der Waals surface area contributed by atoms with Crippen LogP contribution in [0.4, 0.5) is 5.69 Å². The quantitative estimate of drug-likeness (QED) is 0.618. The normalized spacial score (nSPS) is 35.8. The van der Waals surface area contributed by atoms with Crippen molar-refractivity contribution in [3.63, 3.8) is 0 Å². The molecule has 4 nitrogen and oxygen atoms in total. The maximum Gasteiger partial charge on any atom is 0.156 e. The van der Waals surface area contributed by atoms with Crippen molar-refractivity contribution < 1.29 is 14.6 Å². The lowest BCUT2D eigenvalue weighted by Gasteiger charge is -2.45. The Kier molecular flexibility index (Phi) is 5.45. The first-order valence-electron chi connectivity index (χ1n) is 12.4. The number of rotatable bonds is 3. The summed E-state index contributed by atoms with van der Waals surface area (Å²) in [7, 11) is 4.10. The van der Waals surface area contributed by atoms with E-state index in [1.165, 1.54) is 16.7 Å². The Balaban J connectivity index is 1.66. The lowest BCUT2D eigenvalue weighted by atomic mass is 9.61. The number of aliphatic hydroxyl groups is 1. The fraction of sp³-hybridized carbons (Fsp3) is 0.552. The van der Waals surface area contributed by atoms with Crippen molar-refractivity contribution in [3.05, 3.63) is 64.8 Å². The van der Waals surface area contributed by atoms with E-state index in [9.17, 15) is 9.90 Å². The van der Waals surface area contributed by atoms with Crippen LogP contribution in [0.3, 0.4) is 0 Å². The number of anilines is 1. The third kappa shape index (κ3) is 3.37. The van der Waals surface area contributed by atoms with E-state index in [-0.39, 0.29) is 17.3 Å². The molecule has 1 aliphatic heterocycles. The number of allylic oxidation sites excluding steroid dienone is 3. The van der Waals surface area contributed by atoms with Gasteiger partial charge in [-0.2, -0.15) is 0 Å². The van der Waals surface area contributed by atoms with Crippen molar-refractivity contribution in [2.24, 2.45) is 17.3 Å². The summed E-state index contributed by atoms with van der Waals surface area (Å²) in [5, 5.41) is 11.8. The molecule has 0 bridgehead atoms. The highest BCUT2D eigenvalue weighted by Crippen LogP contribution is 2.63. The summed E-state index contributed by atoms with van der Waals surface area (Å²) in [6.45, 7) is 8.87. The number of ether oxygens (including phenoxy) is 1. The van der Waals surface area contributed by atoms with E-state index in [2.05, 4.69) is 56.8 Å². The van der Waals surface area contributed by atoms with Crippen molar-refractivity contribution in [2.75, 3.05) is 25.6 Å². The first-order valence-corrected chi connectivity index (χ1v) is 12.4. The lowest BCUT2D eigenvalue weighted by molar-refractivity contribution is -0.114. The third-order valence-electron chi connectivity index (χ3n) is 9.13. The van der Waals surface area contributed by atoms with Crippen LogP contribution in [0.1, 0.15) is 64.0 Å². The van der Waals surface area contributed by atoms with Gasteiger partial charge in [0.2, 0.25) is 0 Å². The topological polar surface area (TPSA) is 49.8 Å². The first-order chi connectivity index (χ1) is 15.7. The summed E-state index contributed by atoms with van der Waals surface area (Å²) >= 11 is 0. The minimum Gasteiger partial charge on any atom is -0.385 e. The van der Waals surface area contributed by atoms with Crippen LogP contribution in [0.5, 0.6) is 0 Å². The molecule has 4 heteroatoms. The van der Waals surface area contributed by atoms with Gasteiger partial charge in [0.15, 0.2) is 5.78 Å². The Hall–Kier alpha value is -2.17. The molecule has 1 aromatic rings. The highest BCUT2D eigenvalue weighted by atomic mass is 16.5. The first kappa shape index (κ1) is 22.6. The molecule has 1 saturated carbocycles. The Bertz CT molecular complexity index is 1050. The van der Waals surface area contributed by atoms with Crippen molar-refractivity contribution in [3.8, 4) is 0 Å². The zero-order valence-electron chi connectivity index (χ0n) is 20.5. The van der Waals surface area contributed by atoms with Gasteiger partial charge < -0.3 is 14.7 Å². The Morgan fingerprint density at radius 3 is 2.55 bits per heavy atom. The van der Waals surface area contributed by atoms with E-state index in [1.54, 1.807) is 0 Å². The fourth-order valence-corrected chi connectivity index (χ4v) is 7.19. The zero-order chi connectivity index (χ0) is 23.5. The maximum atomic E-state index is 12.2. The average molecular weight is 448 g/mol. The Morgan fingerprint density at radius 1 is 1.15 bits per heavy atom. The summed E-state index contributed by atoms with van der Waals surface area (Å²) in [4.78, 5) is 14.3. The molecular weight excluding hydrogens is 410 g/mol. The van der Waals surface area contributed by atoms with Gasteiger partial charge in [-0.25, -0.2) is 0 Å². The van der Waals surface area contributed by atoms with Gasteiger partial charge in [-0.3, -0.25) is 4.79 Å².